The van der Waals surface area contributed by atoms with Crippen LogP contribution in [0.3, 0.4) is 0 Å². The summed E-state index contributed by atoms with van der Waals surface area (Å²) in [6, 6.07) is 88.0. The molecule has 12 aromatic rings. The second-order valence-electron chi connectivity index (χ2n) is 21.3. The molecule has 1 aromatic heterocycles. The van der Waals surface area contributed by atoms with Crippen molar-refractivity contribution in [2.45, 2.75) is 52.4 Å². The van der Waals surface area contributed by atoms with Gasteiger partial charge in [0.1, 0.15) is 0 Å². The fourth-order valence-electron chi connectivity index (χ4n) is 10.7. The minimum atomic E-state index is -0.00698. The molecule has 0 aliphatic heterocycles. The molecule has 2 heteroatoms. The number of hydrogen-bond donors (Lipinski definition) is 0. The first-order valence-corrected chi connectivity index (χ1v) is 26.0. The highest BCUT2D eigenvalue weighted by atomic mass is 32.1. The molecular formula is C70H57NS. The number of fused-ring (bicyclic) bond motifs is 5. The van der Waals surface area contributed by atoms with Gasteiger partial charge >= 0.3 is 0 Å². The lowest BCUT2D eigenvalue weighted by molar-refractivity contribution is 0.569. The van der Waals surface area contributed by atoms with Crippen LogP contribution in [0, 0.1) is 0 Å². The quantitative estimate of drug-likeness (QED) is 0.147. The predicted octanol–water partition coefficient (Wildman–Crippen LogP) is 20.8. The lowest BCUT2D eigenvalue weighted by atomic mass is 9.78. The van der Waals surface area contributed by atoms with E-state index in [0.29, 0.717) is 0 Å². The first-order valence-electron chi connectivity index (χ1n) is 25.2. The molecule has 0 radical (unpaired) electrons. The maximum absolute atomic E-state index is 2.45. The maximum atomic E-state index is 2.45. The normalized spacial score (nSPS) is 12.0. The van der Waals surface area contributed by atoms with Gasteiger partial charge in [0, 0.05) is 37.1 Å². The van der Waals surface area contributed by atoms with Crippen LogP contribution in [0.5, 0.6) is 0 Å². The third-order valence-electron chi connectivity index (χ3n) is 14.6. The molecule has 72 heavy (non-hydrogen) atoms. The lowest BCUT2D eigenvalue weighted by Gasteiger charge is -2.29. The molecule has 0 spiro atoms. The molecule has 0 saturated carbocycles. The van der Waals surface area contributed by atoms with E-state index in [-0.39, 0.29) is 10.8 Å². The maximum Gasteiger partial charge on any atom is 0.0540 e. The fraction of sp³-hybridized carbons (Fsp3) is 0.114. The highest BCUT2D eigenvalue weighted by molar-refractivity contribution is 7.26. The van der Waals surface area contributed by atoms with Gasteiger partial charge in [-0.15, -0.1) is 11.3 Å². The fourth-order valence-corrected chi connectivity index (χ4v) is 11.9. The van der Waals surface area contributed by atoms with Gasteiger partial charge in [-0.05, 0) is 130 Å². The summed E-state index contributed by atoms with van der Waals surface area (Å²) in [6.45, 7) is 13.9. The Morgan fingerprint density at radius 1 is 0.319 bits per heavy atom. The van der Waals surface area contributed by atoms with Crippen molar-refractivity contribution in [3.63, 3.8) is 0 Å². The monoisotopic (exact) mass is 943 g/mol. The third-order valence-corrected chi connectivity index (χ3v) is 15.8. The Kier molecular flexibility index (Phi) is 11.3. The zero-order valence-electron chi connectivity index (χ0n) is 41.9. The van der Waals surface area contributed by atoms with Crippen LogP contribution < -0.4 is 4.90 Å². The van der Waals surface area contributed by atoms with Gasteiger partial charge in [-0.25, -0.2) is 0 Å². The SMILES string of the molecule is CC(C)(C)c1cc(-c2cccc3cccc(-c4ccccc4N(c4ccc(-c5ccc(-c6cccc7ccccc67)cc5)cc4)c4ccc(-c5cccc6c5sc5ccccc56)cc4)c23)cc(C(C)(C)C)c1. The molecule has 0 fully saturated rings. The van der Waals surface area contributed by atoms with Crippen molar-refractivity contribution in [3.05, 3.63) is 248 Å². The highest BCUT2D eigenvalue weighted by Crippen LogP contribution is 2.47. The Balaban J connectivity index is 0.996. The van der Waals surface area contributed by atoms with E-state index in [4.69, 9.17) is 0 Å². The molecule has 0 amide bonds. The molecule has 0 aliphatic carbocycles. The van der Waals surface area contributed by atoms with E-state index in [1.54, 1.807) is 0 Å². The summed E-state index contributed by atoms with van der Waals surface area (Å²) in [5.41, 5.74) is 18.2. The van der Waals surface area contributed by atoms with E-state index < -0.39 is 0 Å². The Hall–Kier alpha value is -8.04. The predicted molar refractivity (Wildman–Crippen MR) is 314 cm³/mol. The highest BCUT2D eigenvalue weighted by Gasteiger charge is 2.24. The van der Waals surface area contributed by atoms with Gasteiger partial charge in [0.25, 0.3) is 0 Å². The minimum Gasteiger partial charge on any atom is -0.310 e. The number of nitrogens with zero attached hydrogens (tertiary/aromatic N) is 1. The van der Waals surface area contributed by atoms with Crippen LogP contribution in [0.1, 0.15) is 52.7 Å². The van der Waals surface area contributed by atoms with Gasteiger partial charge in [0.2, 0.25) is 0 Å². The molecule has 0 saturated heterocycles. The van der Waals surface area contributed by atoms with Crippen LogP contribution in [-0.4, -0.2) is 0 Å². The summed E-state index contributed by atoms with van der Waals surface area (Å²) in [5.74, 6) is 0. The summed E-state index contributed by atoms with van der Waals surface area (Å²) in [6.07, 6.45) is 0. The molecular weight excluding hydrogens is 887 g/mol. The van der Waals surface area contributed by atoms with Crippen LogP contribution in [0.2, 0.25) is 0 Å². The second kappa shape index (κ2) is 18.0. The van der Waals surface area contributed by atoms with E-state index in [0.717, 1.165) is 17.1 Å². The van der Waals surface area contributed by atoms with E-state index in [2.05, 4.69) is 283 Å². The van der Waals surface area contributed by atoms with Gasteiger partial charge in [-0.2, -0.15) is 0 Å². The molecule has 1 heterocycles. The number of rotatable bonds is 8. The first kappa shape index (κ1) is 45.1. The molecule has 0 N–H and O–H groups in total. The average molecular weight is 944 g/mol. The number of para-hydroxylation sites is 1. The minimum absolute atomic E-state index is 0.00698. The molecule has 0 bridgehead atoms. The Morgan fingerprint density at radius 2 is 0.778 bits per heavy atom. The van der Waals surface area contributed by atoms with E-state index >= 15 is 0 Å². The summed E-state index contributed by atoms with van der Waals surface area (Å²) in [4.78, 5) is 2.45. The summed E-state index contributed by atoms with van der Waals surface area (Å²) in [7, 11) is 0. The van der Waals surface area contributed by atoms with Crippen molar-refractivity contribution in [1.82, 2.24) is 0 Å². The van der Waals surface area contributed by atoms with Crippen molar-refractivity contribution >= 4 is 70.1 Å². The van der Waals surface area contributed by atoms with Crippen molar-refractivity contribution in [2.24, 2.45) is 0 Å². The first-order chi connectivity index (χ1) is 35.0. The van der Waals surface area contributed by atoms with Gasteiger partial charge < -0.3 is 4.90 Å². The van der Waals surface area contributed by atoms with E-state index in [1.807, 2.05) is 11.3 Å². The zero-order valence-corrected chi connectivity index (χ0v) is 42.7. The molecule has 0 unspecified atom stereocenters. The average Bonchev–Trinajstić information content (AvgIpc) is 3.80. The molecule has 1 nitrogen and oxygen atoms in total. The van der Waals surface area contributed by atoms with Gasteiger partial charge in [0.15, 0.2) is 0 Å². The van der Waals surface area contributed by atoms with E-state index in [9.17, 15) is 0 Å². The molecule has 11 aromatic carbocycles. The van der Waals surface area contributed by atoms with Crippen LogP contribution in [0.4, 0.5) is 17.1 Å². The smallest absolute Gasteiger partial charge is 0.0540 e. The summed E-state index contributed by atoms with van der Waals surface area (Å²) < 4.78 is 2.64. The topological polar surface area (TPSA) is 3.24 Å². The number of anilines is 3. The summed E-state index contributed by atoms with van der Waals surface area (Å²) in [5, 5.41) is 7.63. The molecule has 0 atom stereocenters. The van der Waals surface area contributed by atoms with Crippen molar-refractivity contribution in [3.8, 4) is 55.6 Å². The van der Waals surface area contributed by atoms with Gasteiger partial charge in [0.05, 0.1) is 5.69 Å². The Morgan fingerprint density at radius 3 is 1.46 bits per heavy atom. The van der Waals surface area contributed by atoms with Crippen molar-refractivity contribution in [2.75, 3.05) is 4.90 Å². The second-order valence-corrected chi connectivity index (χ2v) is 22.4. The third kappa shape index (κ3) is 8.26. The molecule has 0 aliphatic rings. The van der Waals surface area contributed by atoms with Crippen molar-refractivity contribution < 1.29 is 0 Å². The van der Waals surface area contributed by atoms with Gasteiger partial charge in [-0.3, -0.25) is 0 Å². The van der Waals surface area contributed by atoms with Crippen LogP contribution in [0.25, 0.3) is 97.4 Å². The molecule has 12 rings (SSSR count). The zero-order chi connectivity index (χ0) is 49.1. The standard InChI is InChI=1S/C70H57NS/c1-69(2,3)53-43-52(44-54(45-53)70(4,5)6)59-25-14-19-51-20-15-27-63(67(51)59)61-22-9-11-29-65(61)71(56-41-37-50(38-42-56)60-26-16-28-64-62-23-10-12-30-66(62)72-68(60)64)55-39-35-47(36-40-55)46-31-33-49(34-32-46)58-24-13-18-48-17-7-8-21-57(48)58/h7-45H,1-6H3. The van der Waals surface area contributed by atoms with Crippen molar-refractivity contribution in [1.29, 1.82) is 0 Å². The number of benzene rings is 11. The molecule has 348 valence electrons. The largest absolute Gasteiger partial charge is 0.310 e. The van der Waals surface area contributed by atoms with E-state index in [1.165, 1.54) is 108 Å². The number of hydrogen-bond acceptors (Lipinski definition) is 2. The van der Waals surface area contributed by atoms with Gasteiger partial charge in [-0.1, -0.05) is 242 Å². The van der Waals surface area contributed by atoms with Crippen LogP contribution in [0.15, 0.2) is 237 Å². The van der Waals surface area contributed by atoms with Crippen LogP contribution >= 0.6 is 11.3 Å². The van der Waals surface area contributed by atoms with Crippen LogP contribution in [-0.2, 0) is 10.8 Å². The Labute approximate surface area is 428 Å². The number of thiophene rings is 1. The summed E-state index contributed by atoms with van der Waals surface area (Å²) >= 11 is 1.88. The lowest BCUT2D eigenvalue weighted by Crippen LogP contribution is -2.16. The Bertz CT molecular complexity index is 3930.